The van der Waals surface area contributed by atoms with Gasteiger partial charge in [-0.15, -0.1) is 0 Å². The van der Waals surface area contributed by atoms with E-state index in [4.69, 9.17) is 10.5 Å². The summed E-state index contributed by atoms with van der Waals surface area (Å²) in [6, 6.07) is 14.6. The first-order chi connectivity index (χ1) is 13.5. The minimum absolute atomic E-state index is 0.0414. The molecule has 0 aliphatic carbocycles. The number of para-hydroxylation sites is 1. The zero-order valence-electron chi connectivity index (χ0n) is 15.6. The summed E-state index contributed by atoms with van der Waals surface area (Å²) < 4.78 is 6.57. The summed E-state index contributed by atoms with van der Waals surface area (Å²) in [5.41, 5.74) is 8.34. The lowest BCUT2D eigenvalue weighted by atomic mass is 10.0. The third kappa shape index (κ3) is 2.70. The van der Waals surface area contributed by atoms with Gasteiger partial charge in [0.1, 0.15) is 11.4 Å². The van der Waals surface area contributed by atoms with Gasteiger partial charge in [-0.2, -0.15) is 0 Å². The molecule has 2 aromatic heterocycles. The lowest BCUT2D eigenvalue weighted by Gasteiger charge is -2.17. The highest BCUT2D eigenvalue weighted by Gasteiger charge is 2.23. The molecule has 0 saturated heterocycles. The van der Waals surface area contributed by atoms with E-state index in [9.17, 15) is 9.59 Å². The van der Waals surface area contributed by atoms with Crippen LogP contribution in [0, 0.1) is 6.92 Å². The monoisotopic (exact) mass is 373 g/mol. The van der Waals surface area contributed by atoms with Gasteiger partial charge < -0.3 is 10.5 Å². The number of aromatic nitrogens is 2. The smallest absolute Gasteiger partial charge is 0.342 e. The van der Waals surface area contributed by atoms with Crippen molar-refractivity contribution in [3.05, 3.63) is 76.2 Å². The predicted octanol–water partition coefficient (Wildman–Crippen LogP) is 3.61. The maximum Gasteiger partial charge on any atom is 0.342 e. The van der Waals surface area contributed by atoms with Gasteiger partial charge in [0.2, 0.25) is 0 Å². The molecule has 0 spiro atoms. The van der Waals surface area contributed by atoms with Crippen LogP contribution in [0.3, 0.4) is 0 Å². The summed E-state index contributed by atoms with van der Waals surface area (Å²) in [7, 11) is 0. The topological polar surface area (TPSA) is 87.2 Å². The van der Waals surface area contributed by atoms with Crippen LogP contribution in [0.1, 0.15) is 22.8 Å². The fraction of sp³-hybridized carbons (Fsp3) is 0.136. The molecular weight excluding hydrogens is 354 g/mol. The SMILES string of the molecule is CCOC(=O)c1c(N)n(-c2cccc3cccnc23)c(=O)c2ccc(C)cc12. The van der Waals surface area contributed by atoms with Crippen LogP contribution in [-0.4, -0.2) is 22.1 Å². The second kappa shape index (κ2) is 6.81. The Morgan fingerprint density at radius 1 is 1.14 bits per heavy atom. The fourth-order valence-corrected chi connectivity index (χ4v) is 3.46. The molecule has 0 fully saturated rings. The highest BCUT2D eigenvalue weighted by atomic mass is 16.5. The molecule has 4 rings (SSSR count). The number of rotatable bonds is 3. The number of benzene rings is 2. The minimum atomic E-state index is -0.558. The van der Waals surface area contributed by atoms with E-state index >= 15 is 0 Å². The normalized spacial score (nSPS) is 11.1. The van der Waals surface area contributed by atoms with Crippen molar-refractivity contribution in [2.75, 3.05) is 12.3 Å². The first kappa shape index (κ1) is 17.7. The first-order valence-corrected chi connectivity index (χ1v) is 8.99. The van der Waals surface area contributed by atoms with E-state index in [-0.39, 0.29) is 23.5 Å². The number of nitrogen functional groups attached to an aromatic ring is 1. The second-order valence-corrected chi connectivity index (χ2v) is 6.52. The minimum Gasteiger partial charge on any atom is -0.462 e. The Hall–Kier alpha value is -3.67. The van der Waals surface area contributed by atoms with Crippen molar-refractivity contribution >= 4 is 33.5 Å². The average Bonchev–Trinajstić information content (AvgIpc) is 2.68. The summed E-state index contributed by atoms with van der Waals surface area (Å²) in [6.45, 7) is 3.83. The zero-order chi connectivity index (χ0) is 19.8. The average molecular weight is 373 g/mol. The van der Waals surface area contributed by atoms with Crippen molar-refractivity contribution in [3.63, 3.8) is 0 Å². The Kier molecular flexibility index (Phi) is 4.31. The van der Waals surface area contributed by atoms with Crippen molar-refractivity contribution in [1.29, 1.82) is 0 Å². The molecule has 6 heteroatoms. The third-order valence-electron chi connectivity index (χ3n) is 4.71. The van der Waals surface area contributed by atoms with Gasteiger partial charge in [0, 0.05) is 22.4 Å². The van der Waals surface area contributed by atoms with E-state index in [0.717, 1.165) is 10.9 Å². The van der Waals surface area contributed by atoms with Crippen molar-refractivity contribution in [1.82, 2.24) is 9.55 Å². The van der Waals surface area contributed by atoms with Gasteiger partial charge in [0.25, 0.3) is 5.56 Å². The number of esters is 1. The van der Waals surface area contributed by atoms with E-state index in [2.05, 4.69) is 4.98 Å². The van der Waals surface area contributed by atoms with Gasteiger partial charge in [0.05, 0.1) is 17.8 Å². The molecule has 4 aromatic rings. The first-order valence-electron chi connectivity index (χ1n) is 8.99. The Morgan fingerprint density at radius 3 is 2.71 bits per heavy atom. The molecular formula is C22H19N3O3. The Bertz CT molecular complexity index is 1290. The summed E-state index contributed by atoms with van der Waals surface area (Å²) in [5, 5.41) is 1.76. The number of hydrogen-bond acceptors (Lipinski definition) is 5. The number of carbonyl (C=O) groups excluding carboxylic acids is 1. The predicted molar refractivity (Wildman–Crippen MR) is 110 cm³/mol. The van der Waals surface area contributed by atoms with Crippen LogP contribution in [-0.2, 0) is 4.74 Å². The van der Waals surface area contributed by atoms with Crippen LogP contribution < -0.4 is 11.3 Å². The summed E-state index contributed by atoms with van der Waals surface area (Å²) >= 11 is 0. The molecule has 0 aliphatic rings. The number of aryl methyl sites for hydroxylation is 1. The van der Waals surface area contributed by atoms with Gasteiger partial charge in [-0.3, -0.25) is 14.3 Å². The van der Waals surface area contributed by atoms with Gasteiger partial charge in [-0.05, 0) is 32.0 Å². The van der Waals surface area contributed by atoms with Crippen molar-refractivity contribution < 1.29 is 9.53 Å². The number of fused-ring (bicyclic) bond motifs is 2. The molecule has 0 bridgehead atoms. The van der Waals surface area contributed by atoms with Crippen molar-refractivity contribution in [2.24, 2.45) is 0 Å². The van der Waals surface area contributed by atoms with Crippen LogP contribution >= 0.6 is 0 Å². The molecule has 0 aliphatic heterocycles. The van der Waals surface area contributed by atoms with Gasteiger partial charge >= 0.3 is 5.97 Å². The van der Waals surface area contributed by atoms with Crippen molar-refractivity contribution in [2.45, 2.75) is 13.8 Å². The van der Waals surface area contributed by atoms with Gasteiger partial charge in [-0.25, -0.2) is 4.79 Å². The largest absolute Gasteiger partial charge is 0.462 e. The molecule has 0 radical (unpaired) electrons. The number of hydrogen-bond donors (Lipinski definition) is 1. The molecule has 140 valence electrons. The van der Waals surface area contributed by atoms with E-state index in [1.807, 2.05) is 37.3 Å². The number of pyridine rings is 2. The maximum absolute atomic E-state index is 13.3. The van der Waals surface area contributed by atoms with E-state index in [0.29, 0.717) is 22.0 Å². The quantitative estimate of drug-likeness (QED) is 0.554. The van der Waals surface area contributed by atoms with Crippen LogP contribution in [0.15, 0.2) is 59.5 Å². The summed E-state index contributed by atoms with van der Waals surface area (Å²) in [5.74, 6) is -0.516. The fourth-order valence-electron chi connectivity index (χ4n) is 3.46. The molecule has 2 N–H and O–H groups in total. The number of nitrogens with zero attached hydrogens (tertiary/aromatic N) is 2. The van der Waals surface area contributed by atoms with Crippen molar-refractivity contribution in [3.8, 4) is 5.69 Å². The molecule has 0 atom stereocenters. The number of anilines is 1. The number of ether oxygens (including phenoxy) is 1. The summed E-state index contributed by atoms with van der Waals surface area (Å²) in [6.07, 6.45) is 1.66. The van der Waals surface area contributed by atoms with E-state index in [1.165, 1.54) is 4.57 Å². The highest BCUT2D eigenvalue weighted by Crippen LogP contribution is 2.28. The maximum atomic E-state index is 13.3. The molecule has 0 saturated carbocycles. The Labute approximate surface area is 161 Å². The molecule has 28 heavy (non-hydrogen) atoms. The van der Waals surface area contributed by atoms with E-state index in [1.54, 1.807) is 31.3 Å². The molecule has 6 nitrogen and oxygen atoms in total. The van der Waals surface area contributed by atoms with Crippen LogP contribution in [0.2, 0.25) is 0 Å². The molecule has 2 heterocycles. The van der Waals surface area contributed by atoms with Crippen LogP contribution in [0.25, 0.3) is 27.4 Å². The number of carbonyl (C=O) groups is 1. The lowest BCUT2D eigenvalue weighted by Crippen LogP contribution is -2.26. The molecule has 0 unspecified atom stereocenters. The third-order valence-corrected chi connectivity index (χ3v) is 4.71. The standard InChI is InChI=1S/C22H19N3O3/c1-3-28-22(27)18-16-12-13(2)9-10-15(16)21(26)25(20(18)23)17-8-4-6-14-7-5-11-24-19(14)17/h4-12H,3,23H2,1-2H3. The summed E-state index contributed by atoms with van der Waals surface area (Å²) in [4.78, 5) is 30.5. The zero-order valence-corrected chi connectivity index (χ0v) is 15.6. The van der Waals surface area contributed by atoms with Crippen LogP contribution in [0.4, 0.5) is 5.82 Å². The van der Waals surface area contributed by atoms with Gasteiger partial charge in [0.15, 0.2) is 0 Å². The van der Waals surface area contributed by atoms with Gasteiger partial charge in [-0.1, -0.05) is 35.9 Å². The lowest BCUT2D eigenvalue weighted by molar-refractivity contribution is 0.0529. The Balaban J connectivity index is 2.17. The van der Waals surface area contributed by atoms with Crippen LogP contribution in [0.5, 0.6) is 0 Å². The molecule has 0 amide bonds. The second-order valence-electron chi connectivity index (χ2n) is 6.52. The number of nitrogens with two attached hydrogens (primary N) is 1. The molecule has 2 aromatic carbocycles. The van der Waals surface area contributed by atoms with E-state index < -0.39 is 5.97 Å². The highest BCUT2D eigenvalue weighted by molar-refractivity contribution is 6.08. The Morgan fingerprint density at radius 2 is 1.93 bits per heavy atom.